The number of ether oxygens (including phenoxy) is 1. The number of benzene rings is 1. The van der Waals surface area contributed by atoms with Gasteiger partial charge in [0, 0.05) is 44.8 Å². The zero-order valence-corrected chi connectivity index (χ0v) is 23.4. The van der Waals surface area contributed by atoms with Crippen LogP contribution >= 0.6 is 11.6 Å². The summed E-state index contributed by atoms with van der Waals surface area (Å²) in [6.07, 6.45) is 7.23. The summed E-state index contributed by atoms with van der Waals surface area (Å²) in [6, 6.07) is 1.57. The largest absolute Gasteiger partial charge is 0.391 e. The van der Waals surface area contributed by atoms with Crippen LogP contribution in [0.25, 0.3) is 0 Å². The second-order valence-electron chi connectivity index (χ2n) is 10.9. The van der Waals surface area contributed by atoms with Crippen molar-refractivity contribution in [1.82, 2.24) is 15.5 Å². The highest BCUT2D eigenvalue weighted by atomic mass is 35.5. The Balaban J connectivity index is 1.77. The van der Waals surface area contributed by atoms with Crippen molar-refractivity contribution < 1.29 is 28.5 Å². The summed E-state index contributed by atoms with van der Waals surface area (Å²) in [5.74, 6) is -2.18. The second kappa shape index (κ2) is 14.7. The molecule has 4 atom stereocenters. The van der Waals surface area contributed by atoms with E-state index in [1.165, 1.54) is 12.5 Å². The number of unbranched alkanes of at least 4 members (excludes halogenated alkanes) is 1. The summed E-state index contributed by atoms with van der Waals surface area (Å²) in [6.45, 7) is 1.62. The molecule has 4 N–H and O–H groups in total. The van der Waals surface area contributed by atoms with Gasteiger partial charge in [-0.2, -0.15) is 0 Å². The molecule has 216 valence electrons. The number of aliphatic hydroxyl groups is 2. The van der Waals surface area contributed by atoms with Gasteiger partial charge in [0.1, 0.15) is 10.8 Å². The van der Waals surface area contributed by atoms with Gasteiger partial charge in [0.25, 0.3) is 0 Å². The van der Waals surface area contributed by atoms with Crippen LogP contribution in [0, 0.1) is 23.5 Å². The Morgan fingerprint density at radius 2 is 1.95 bits per heavy atom. The molecule has 0 aromatic heterocycles. The van der Waals surface area contributed by atoms with Crippen LogP contribution in [-0.2, 0) is 10.3 Å². The lowest BCUT2D eigenvalue weighted by Crippen LogP contribution is -2.57. The van der Waals surface area contributed by atoms with E-state index in [0.717, 1.165) is 31.7 Å². The number of carbonyl (C=O) groups is 1. The van der Waals surface area contributed by atoms with Gasteiger partial charge in [-0.3, -0.25) is 0 Å². The van der Waals surface area contributed by atoms with Gasteiger partial charge in [0.05, 0.1) is 17.7 Å². The van der Waals surface area contributed by atoms with Crippen LogP contribution in [0.15, 0.2) is 12.1 Å². The Bertz CT molecular complexity index is 905. The van der Waals surface area contributed by atoms with E-state index in [2.05, 4.69) is 10.6 Å². The first-order valence-corrected chi connectivity index (χ1v) is 14.3. The van der Waals surface area contributed by atoms with Crippen LogP contribution in [-0.4, -0.2) is 73.7 Å². The van der Waals surface area contributed by atoms with Gasteiger partial charge in [0.2, 0.25) is 0 Å². The first-order chi connectivity index (χ1) is 18.2. The maximum atomic E-state index is 15.2. The van der Waals surface area contributed by atoms with Crippen molar-refractivity contribution in [3.63, 3.8) is 0 Å². The van der Waals surface area contributed by atoms with Crippen LogP contribution in [0.4, 0.5) is 13.6 Å². The number of rotatable bonds is 12. The number of aliphatic hydroxyl groups excluding tert-OH is 1. The van der Waals surface area contributed by atoms with Crippen molar-refractivity contribution >= 4 is 17.6 Å². The molecule has 2 amide bonds. The first kappa shape index (κ1) is 31.0. The number of nitrogens with zero attached hydrogens (tertiary/aromatic N) is 1. The van der Waals surface area contributed by atoms with E-state index in [1.807, 2.05) is 0 Å². The number of piperidine rings is 1. The fraction of sp³-hybridized carbons (Fsp3) is 0.750. The van der Waals surface area contributed by atoms with E-state index in [1.54, 1.807) is 19.1 Å². The zero-order chi connectivity index (χ0) is 27.7. The summed E-state index contributed by atoms with van der Waals surface area (Å²) in [4.78, 5) is 15.0. The first-order valence-electron chi connectivity index (χ1n) is 14.0. The molecule has 3 rings (SSSR count). The maximum absolute atomic E-state index is 15.2. The van der Waals surface area contributed by atoms with Crippen LogP contribution in [0.2, 0.25) is 5.02 Å². The average Bonchev–Trinajstić information content (AvgIpc) is 2.94. The van der Waals surface area contributed by atoms with E-state index >= 15 is 4.39 Å². The topological polar surface area (TPSA) is 94.1 Å². The molecule has 1 aliphatic carbocycles. The van der Waals surface area contributed by atoms with Crippen LogP contribution < -0.4 is 10.6 Å². The second-order valence-corrected chi connectivity index (χ2v) is 11.3. The molecule has 0 spiro atoms. The third-order valence-electron chi connectivity index (χ3n) is 8.32. The number of hydrogen-bond acceptors (Lipinski definition) is 5. The van der Waals surface area contributed by atoms with Gasteiger partial charge < -0.3 is 30.5 Å². The lowest BCUT2D eigenvalue weighted by atomic mass is 9.74. The van der Waals surface area contributed by atoms with E-state index < -0.39 is 40.3 Å². The highest BCUT2D eigenvalue weighted by Crippen LogP contribution is 2.42. The number of nitrogens with one attached hydrogen (secondary N) is 2. The number of halogens is 3. The minimum Gasteiger partial charge on any atom is -0.391 e. The van der Waals surface area contributed by atoms with E-state index in [9.17, 15) is 19.4 Å². The SMILES string of the molecule is CNC[C@@H](NC(=O)N1CCC[C@@H]([C@@](O)(CCCCOC)c2ccc(F)c(Cl)c2F)C1)[C@@H](O)C1CCCCC1. The molecule has 1 saturated carbocycles. The Labute approximate surface area is 230 Å². The molecule has 2 aliphatic rings. The Hall–Kier alpha value is -1.52. The van der Waals surface area contributed by atoms with Crippen molar-refractivity contribution in [2.24, 2.45) is 11.8 Å². The number of methoxy groups -OCH3 is 1. The van der Waals surface area contributed by atoms with Gasteiger partial charge in [-0.25, -0.2) is 13.6 Å². The smallest absolute Gasteiger partial charge is 0.317 e. The van der Waals surface area contributed by atoms with Gasteiger partial charge >= 0.3 is 6.03 Å². The Kier molecular flexibility index (Phi) is 12.0. The van der Waals surface area contributed by atoms with Crippen molar-refractivity contribution in [1.29, 1.82) is 0 Å². The molecule has 2 fully saturated rings. The van der Waals surface area contributed by atoms with E-state index in [-0.39, 0.29) is 30.5 Å². The highest BCUT2D eigenvalue weighted by Gasteiger charge is 2.43. The van der Waals surface area contributed by atoms with Gasteiger partial charge in [-0.15, -0.1) is 0 Å². The summed E-state index contributed by atoms with van der Waals surface area (Å²) in [5.41, 5.74) is -1.69. The van der Waals surface area contributed by atoms with Gasteiger partial charge in [0.15, 0.2) is 5.82 Å². The lowest BCUT2D eigenvalue weighted by molar-refractivity contribution is -0.0591. The Morgan fingerprint density at radius 3 is 2.63 bits per heavy atom. The number of amides is 2. The molecular weight excluding hydrogens is 516 g/mol. The number of hydrogen-bond donors (Lipinski definition) is 4. The number of urea groups is 1. The number of likely N-dealkylation sites (tertiary alicyclic amines) is 1. The molecule has 10 heteroatoms. The molecule has 0 radical (unpaired) electrons. The maximum Gasteiger partial charge on any atom is 0.317 e. The molecule has 1 aliphatic heterocycles. The molecule has 0 bridgehead atoms. The standard InChI is InChI=1S/C28H44ClF2N3O4/c1-32-17-23(26(35)19-9-4-3-5-10-19)33-27(36)34-15-8-11-20(18-34)28(37,14-6-7-16-38-2)21-12-13-22(30)24(29)25(21)31/h12-13,19-20,23,26,32,35,37H,3-11,14-18H2,1-2H3,(H,33,36)/t20-,23-,26+,28+/m1/s1. The zero-order valence-electron chi connectivity index (χ0n) is 22.7. The van der Waals surface area contributed by atoms with Crippen molar-refractivity contribution in [2.45, 2.75) is 82.0 Å². The van der Waals surface area contributed by atoms with Crippen molar-refractivity contribution in [3.05, 3.63) is 34.4 Å². The minimum atomic E-state index is -1.64. The Morgan fingerprint density at radius 1 is 1.21 bits per heavy atom. The van der Waals surface area contributed by atoms with Crippen molar-refractivity contribution in [3.8, 4) is 0 Å². The molecule has 1 aromatic carbocycles. The summed E-state index contributed by atoms with van der Waals surface area (Å²) >= 11 is 5.89. The predicted molar refractivity (Wildman–Crippen MR) is 144 cm³/mol. The third kappa shape index (κ3) is 7.56. The summed E-state index contributed by atoms with van der Waals surface area (Å²) in [5, 5.41) is 28.5. The number of carbonyl (C=O) groups excluding carboxylic acids is 1. The fourth-order valence-electron chi connectivity index (χ4n) is 6.14. The van der Waals surface area contributed by atoms with Crippen LogP contribution in [0.5, 0.6) is 0 Å². The van der Waals surface area contributed by atoms with Crippen LogP contribution in [0.3, 0.4) is 0 Å². The number of likely N-dealkylation sites (N-methyl/N-ethyl adjacent to an activating group) is 1. The monoisotopic (exact) mass is 559 g/mol. The van der Waals surface area contributed by atoms with Crippen LogP contribution in [0.1, 0.15) is 69.8 Å². The molecule has 1 heterocycles. The quantitative estimate of drug-likeness (QED) is 0.222. The predicted octanol–water partition coefficient (Wildman–Crippen LogP) is 4.57. The van der Waals surface area contributed by atoms with Gasteiger partial charge in [-0.05, 0) is 64.0 Å². The normalized spacial score (nSPS) is 22.1. The molecule has 0 unspecified atom stereocenters. The summed E-state index contributed by atoms with van der Waals surface area (Å²) in [7, 11) is 3.38. The lowest BCUT2D eigenvalue weighted by Gasteiger charge is -2.43. The molecule has 38 heavy (non-hydrogen) atoms. The van der Waals surface area contributed by atoms with E-state index in [4.69, 9.17) is 16.3 Å². The molecule has 7 nitrogen and oxygen atoms in total. The van der Waals surface area contributed by atoms with Crippen molar-refractivity contribution in [2.75, 3.05) is 40.4 Å². The molecule has 1 aromatic rings. The van der Waals surface area contributed by atoms with Gasteiger partial charge in [-0.1, -0.05) is 36.9 Å². The summed E-state index contributed by atoms with van der Waals surface area (Å²) < 4.78 is 34.2. The fourth-order valence-corrected chi connectivity index (χ4v) is 6.31. The molecule has 1 saturated heterocycles. The minimum absolute atomic E-state index is 0.0469. The average molecular weight is 560 g/mol. The third-order valence-corrected chi connectivity index (χ3v) is 8.67. The molecular formula is C28H44ClF2N3O4. The van der Waals surface area contributed by atoms with E-state index in [0.29, 0.717) is 45.4 Å². The highest BCUT2D eigenvalue weighted by molar-refractivity contribution is 6.31.